The molecule has 1 aliphatic rings. The summed E-state index contributed by atoms with van der Waals surface area (Å²) in [7, 11) is 1.58. The summed E-state index contributed by atoms with van der Waals surface area (Å²) < 4.78 is 5.33. The van der Waals surface area contributed by atoms with Gasteiger partial charge in [0.1, 0.15) is 11.4 Å². The highest BCUT2D eigenvalue weighted by molar-refractivity contribution is 6.02. The van der Waals surface area contributed by atoms with Gasteiger partial charge in [-0.2, -0.15) is 5.10 Å². The van der Waals surface area contributed by atoms with Gasteiger partial charge in [-0.3, -0.25) is 4.79 Å². The van der Waals surface area contributed by atoms with E-state index in [9.17, 15) is 4.79 Å². The number of hydrogen-bond donors (Lipinski definition) is 2. The fourth-order valence-electron chi connectivity index (χ4n) is 2.86. The number of hydrogen-bond acceptors (Lipinski definition) is 6. The molecule has 144 valence electrons. The molecule has 7 nitrogen and oxygen atoms in total. The molecule has 1 heterocycles. The molecule has 0 unspecified atom stereocenters. The summed E-state index contributed by atoms with van der Waals surface area (Å²) in [5, 5.41) is 8.77. The fraction of sp³-hybridized carbons (Fsp3) is 0.190. The average molecular weight is 377 g/mol. The lowest BCUT2D eigenvalue weighted by Crippen LogP contribution is -2.35. The van der Waals surface area contributed by atoms with Gasteiger partial charge in [0, 0.05) is 17.8 Å². The molecule has 0 atom stereocenters. The van der Waals surface area contributed by atoms with Crippen LogP contribution in [0.3, 0.4) is 0 Å². The number of nitrogens with two attached hydrogens (primary N) is 1. The van der Waals surface area contributed by atoms with Gasteiger partial charge in [-0.1, -0.05) is 49.0 Å². The number of benzene rings is 2. The second-order valence-corrected chi connectivity index (χ2v) is 6.36. The summed E-state index contributed by atoms with van der Waals surface area (Å²) in [6.45, 7) is 6.31. The minimum Gasteiger partial charge on any atom is -0.494 e. The van der Waals surface area contributed by atoms with Crippen molar-refractivity contribution in [1.82, 2.24) is 10.3 Å². The Labute approximate surface area is 164 Å². The summed E-state index contributed by atoms with van der Waals surface area (Å²) in [6, 6.07) is 15.3. The van der Waals surface area contributed by atoms with Gasteiger partial charge in [-0.15, -0.1) is 0 Å². The predicted molar refractivity (Wildman–Crippen MR) is 111 cm³/mol. The Kier molecular flexibility index (Phi) is 5.74. The van der Waals surface area contributed by atoms with E-state index in [2.05, 4.69) is 22.0 Å². The van der Waals surface area contributed by atoms with Crippen LogP contribution >= 0.6 is 0 Å². The molecular weight excluding hydrogens is 354 g/mol. The number of guanidine groups is 1. The number of para-hydroxylation sites is 1. The number of nitrogens with zero attached hydrogens (tertiary/aromatic N) is 3. The first kappa shape index (κ1) is 19.2. The molecule has 0 spiro atoms. The molecule has 0 bridgehead atoms. The maximum Gasteiger partial charge on any atom is 0.225 e. The first-order chi connectivity index (χ1) is 13.5. The zero-order chi connectivity index (χ0) is 20.1. The van der Waals surface area contributed by atoms with Crippen molar-refractivity contribution in [2.45, 2.75) is 19.9 Å². The minimum absolute atomic E-state index is 0.120. The van der Waals surface area contributed by atoms with Crippen molar-refractivity contribution < 1.29 is 9.53 Å². The van der Waals surface area contributed by atoms with Gasteiger partial charge >= 0.3 is 0 Å². The Morgan fingerprint density at radius 1 is 1.25 bits per heavy atom. The molecule has 0 saturated heterocycles. The van der Waals surface area contributed by atoms with E-state index < -0.39 is 0 Å². The lowest BCUT2D eigenvalue weighted by atomic mass is 10.1. The molecule has 2 aromatic rings. The van der Waals surface area contributed by atoms with Crippen molar-refractivity contribution in [3.8, 4) is 5.75 Å². The third-order valence-electron chi connectivity index (χ3n) is 4.25. The van der Waals surface area contributed by atoms with Gasteiger partial charge < -0.3 is 15.8 Å². The van der Waals surface area contributed by atoms with E-state index >= 15 is 0 Å². The monoisotopic (exact) mass is 377 g/mol. The van der Waals surface area contributed by atoms with Crippen molar-refractivity contribution in [3.63, 3.8) is 0 Å². The summed E-state index contributed by atoms with van der Waals surface area (Å²) in [4.78, 5) is 16.6. The SMILES string of the molecule is C=C1c2cccc(OC)c2N=C(N)N1/N=C(\C)CC(=O)NCc1ccccc1. The molecule has 1 aliphatic heterocycles. The molecule has 7 heteroatoms. The number of aliphatic imine (C=N–C) groups is 1. The minimum atomic E-state index is -0.120. The van der Waals surface area contributed by atoms with E-state index in [1.54, 1.807) is 14.0 Å². The number of rotatable bonds is 6. The molecule has 3 rings (SSSR count). The standard InChI is InChI=1S/C21H23N5O2/c1-14(12-19(27)23-13-16-8-5-4-6-9-16)25-26-15(2)17-10-7-11-18(28-3)20(17)24-21(26)22/h4-11H,2,12-13H2,1,3H3,(H2,22,24)(H,23,27)/b25-14+. The second-order valence-electron chi connectivity index (χ2n) is 6.36. The van der Waals surface area contributed by atoms with E-state index in [-0.39, 0.29) is 18.3 Å². The summed E-state index contributed by atoms with van der Waals surface area (Å²) in [5.74, 6) is 0.665. The maximum absolute atomic E-state index is 12.2. The van der Waals surface area contributed by atoms with Crippen LogP contribution in [0, 0.1) is 0 Å². The van der Waals surface area contributed by atoms with E-state index in [0.29, 0.717) is 29.4 Å². The number of hydrazone groups is 1. The number of carbonyl (C=O) groups is 1. The van der Waals surface area contributed by atoms with Gasteiger partial charge in [0.25, 0.3) is 0 Å². The number of nitrogens with one attached hydrogen (secondary N) is 1. The summed E-state index contributed by atoms with van der Waals surface area (Å²) in [6.07, 6.45) is 0.148. The zero-order valence-electron chi connectivity index (χ0n) is 16.0. The smallest absolute Gasteiger partial charge is 0.225 e. The lowest BCUT2D eigenvalue weighted by Gasteiger charge is -2.27. The van der Waals surface area contributed by atoms with E-state index in [4.69, 9.17) is 10.5 Å². The predicted octanol–water partition coefficient (Wildman–Crippen LogP) is 3.01. The molecule has 0 aliphatic carbocycles. The fourth-order valence-corrected chi connectivity index (χ4v) is 2.86. The molecule has 0 radical (unpaired) electrons. The van der Waals surface area contributed by atoms with Crippen LogP contribution in [0.25, 0.3) is 5.70 Å². The number of methoxy groups -OCH3 is 1. The Morgan fingerprint density at radius 3 is 2.71 bits per heavy atom. The number of carbonyl (C=O) groups excluding carboxylic acids is 1. The van der Waals surface area contributed by atoms with Crippen LogP contribution in [0.15, 0.2) is 65.2 Å². The van der Waals surface area contributed by atoms with Crippen molar-refractivity contribution >= 4 is 29.0 Å². The molecule has 28 heavy (non-hydrogen) atoms. The van der Waals surface area contributed by atoms with E-state index in [1.807, 2.05) is 48.5 Å². The first-order valence-electron chi connectivity index (χ1n) is 8.85. The highest BCUT2D eigenvalue weighted by Crippen LogP contribution is 2.39. The van der Waals surface area contributed by atoms with Crippen LogP contribution in [0.1, 0.15) is 24.5 Å². The van der Waals surface area contributed by atoms with Crippen LogP contribution in [-0.2, 0) is 11.3 Å². The topological polar surface area (TPSA) is 92.3 Å². The largest absolute Gasteiger partial charge is 0.494 e. The van der Waals surface area contributed by atoms with Crippen LogP contribution in [0.2, 0.25) is 0 Å². The lowest BCUT2D eigenvalue weighted by molar-refractivity contribution is -0.120. The number of amides is 1. The Hall–Kier alpha value is -3.61. The van der Waals surface area contributed by atoms with Crippen molar-refractivity contribution in [2.24, 2.45) is 15.8 Å². The van der Waals surface area contributed by atoms with Gasteiger partial charge in [0.2, 0.25) is 11.9 Å². The molecule has 3 N–H and O–H groups in total. The number of fused-ring (bicyclic) bond motifs is 1. The van der Waals surface area contributed by atoms with Gasteiger partial charge in [-0.05, 0) is 18.6 Å². The highest BCUT2D eigenvalue weighted by Gasteiger charge is 2.24. The third kappa shape index (κ3) is 4.20. The molecule has 0 saturated carbocycles. The Balaban J connectivity index is 1.69. The van der Waals surface area contributed by atoms with Gasteiger partial charge in [0.05, 0.1) is 19.2 Å². The van der Waals surface area contributed by atoms with E-state index in [0.717, 1.165) is 11.1 Å². The Morgan fingerprint density at radius 2 is 2.00 bits per heavy atom. The van der Waals surface area contributed by atoms with Gasteiger partial charge in [0.15, 0.2) is 0 Å². The number of ether oxygens (including phenoxy) is 1. The van der Waals surface area contributed by atoms with Crippen LogP contribution < -0.4 is 15.8 Å². The third-order valence-corrected chi connectivity index (χ3v) is 4.25. The van der Waals surface area contributed by atoms with Crippen molar-refractivity contribution in [1.29, 1.82) is 0 Å². The Bertz CT molecular complexity index is 951. The van der Waals surface area contributed by atoms with E-state index in [1.165, 1.54) is 5.01 Å². The summed E-state index contributed by atoms with van der Waals surface area (Å²) >= 11 is 0. The molecule has 2 aromatic carbocycles. The maximum atomic E-state index is 12.2. The highest BCUT2D eigenvalue weighted by atomic mass is 16.5. The van der Waals surface area contributed by atoms with Crippen LogP contribution in [-0.4, -0.2) is 29.7 Å². The zero-order valence-corrected chi connectivity index (χ0v) is 16.0. The normalized spacial score (nSPS) is 13.6. The van der Waals surface area contributed by atoms with Crippen LogP contribution in [0.5, 0.6) is 5.75 Å². The summed E-state index contributed by atoms with van der Waals surface area (Å²) in [5.41, 5.74) is 9.68. The second kappa shape index (κ2) is 8.39. The molecule has 0 fully saturated rings. The molecular formula is C21H23N5O2. The van der Waals surface area contributed by atoms with Crippen molar-refractivity contribution in [3.05, 3.63) is 66.2 Å². The van der Waals surface area contributed by atoms with Crippen molar-refractivity contribution in [2.75, 3.05) is 7.11 Å². The average Bonchev–Trinajstić information content (AvgIpc) is 2.70. The molecule has 1 amide bonds. The quantitative estimate of drug-likeness (QED) is 0.757. The molecule has 0 aromatic heterocycles. The van der Waals surface area contributed by atoms with Crippen LogP contribution in [0.4, 0.5) is 5.69 Å². The van der Waals surface area contributed by atoms with Gasteiger partial charge in [-0.25, -0.2) is 10.0 Å². The first-order valence-corrected chi connectivity index (χ1v) is 8.85.